The van der Waals surface area contributed by atoms with Gasteiger partial charge in [-0.1, -0.05) is 26.3 Å². The van der Waals surface area contributed by atoms with Crippen molar-refractivity contribution >= 4 is 11.8 Å². The van der Waals surface area contributed by atoms with Crippen LogP contribution in [0.25, 0.3) is 0 Å². The molecule has 136 valence electrons. The third kappa shape index (κ3) is 1.56. The number of esters is 1. The van der Waals surface area contributed by atoms with Gasteiger partial charge in [0.05, 0.1) is 0 Å². The lowest BCUT2D eigenvalue weighted by Crippen LogP contribution is -2.62. The number of rotatable bonds is 0. The van der Waals surface area contributed by atoms with Crippen LogP contribution < -0.4 is 0 Å². The second kappa shape index (κ2) is 4.23. The fourth-order valence-corrected chi connectivity index (χ4v) is 8.53. The van der Waals surface area contributed by atoms with Crippen molar-refractivity contribution in [2.45, 2.75) is 78.2 Å². The van der Waals surface area contributed by atoms with Gasteiger partial charge in [0.25, 0.3) is 0 Å². The van der Waals surface area contributed by atoms with Crippen molar-refractivity contribution in [3.63, 3.8) is 0 Å². The van der Waals surface area contributed by atoms with Crippen molar-refractivity contribution in [2.75, 3.05) is 0 Å². The summed E-state index contributed by atoms with van der Waals surface area (Å²) in [6.45, 7) is 8.58. The molecule has 3 nitrogen and oxygen atoms in total. The third-order valence-corrected chi connectivity index (χ3v) is 9.64. The monoisotopic (exact) mass is 342 g/mol. The molecular weight excluding hydrogens is 312 g/mol. The Morgan fingerprint density at radius 2 is 1.80 bits per heavy atom. The van der Waals surface area contributed by atoms with Gasteiger partial charge in [-0.3, -0.25) is 4.79 Å². The molecule has 0 aromatic heterocycles. The zero-order valence-corrected chi connectivity index (χ0v) is 16.0. The lowest BCUT2D eigenvalue weighted by Gasteiger charge is -2.61. The predicted octanol–water partition coefficient (Wildman–Crippen LogP) is 4.45. The molecule has 4 fully saturated rings. The van der Waals surface area contributed by atoms with E-state index in [4.69, 9.17) is 4.74 Å². The quantitative estimate of drug-likeness (QED) is 0.611. The molecule has 6 atom stereocenters. The average molecular weight is 342 g/mol. The van der Waals surface area contributed by atoms with E-state index >= 15 is 0 Å². The summed E-state index contributed by atoms with van der Waals surface area (Å²) >= 11 is 0. The zero-order chi connectivity index (χ0) is 17.9. The number of ether oxygens (including phenoxy) is 1. The number of hydrogen-bond donors (Lipinski definition) is 0. The third-order valence-electron chi connectivity index (χ3n) is 9.64. The molecule has 1 heterocycles. The number of ketones is 1. The normalized spacial score (nSPS) is 55.4. The smallest absolute Gasteiger partial charge is 0.330 e. The Morgan fingerprint density at radius 3 is 2.56 bits per heavy atom. The van der Waals surface area contributed by atoms with Gasteiger partial charge < -0.3 is 4.74 Å². The highest BCUT2D eigenvalue weighted by atomic mass is 16.6. The largest absolute Gasteiger partial charge is 0.456 e. The molecule has 4 aliphatic carbocycles. The topological polar surface area (TPSA) is 43.4 Å². The van der Waals surface area contributed by atoms with Crippen LogP contribution >= 0.6 is 0 Å². The number of Topliss-reactive ketones (excluding diaryl/α,β-unsaturated/α-hetero) is 1. The number of carbonyl (C=O) groups excluding carboxylic acids is 2. The van der Waals surface area contributed by atoms with Gasteiger partial charge in [0.15, 0.2) is 0 Å². The van der Waals surface area contributed by atoms with Gasteiger partial charge in [-0.2, -0.15) is 0 Å². The van der Waals surface area contributed by atoms with Crippen LogP contribution in [0, 0.1) is 33.5 Å². The van der Waals surface area contributed by atoms with Crippen molar-refractivity contribution < 1.29 is 14.3 Å². The van der Waals surface area contributed by atoms with Crippen LogP contribution in [0.4, 0.5) is 0 Å². The Labute approximate surface area is 150 Å². The van der Waals surface area contributed by atoms with Crippen LogP contribution in [0.5, 0.6) is 0 Å². The molecular formula is C22H30O3. The minimum Gasteiger partial charge on any atom is -0.456 e. The molecule has 1 aliphatic heterocycles. The molecule has 0 unspecified atom stereocenters. The average Bonchev–Trinajstić information content (AvgIpc) is 3.07. The number of allylic oxidation sites excluding steroid dienone is 1. The SMILES string of the molecule is CC1(C)OC(=O)C=C[C@]2(C)[C@H]3CC[C@@]45CCC[C@@]4(C5)[C@]3(C)C(=O)C[C@@H]12. The Hall–Kier alpha value is -1.12. The van der Waals surface area contributed by atoms with Crippen molar-refractivity contribution in [1.82, 2.24) is 0 Å². The summed E-state index contributed by atoms with van der Waals surface area (Å²) in [4.78, 5) is 25.8. The Kier molecular flexibility index (Phi) is 2.72. The van der Waals surface area contributed by atoms with E-state index in [1.165, 1.54) is 32.1 Å². The van der Waals surface area contributed by atoms with Crippen LogP contribution in [0.3, 0.4) is 0 Å². The molecule has 0 saturated heterocycles. The summed E-state index contributed by atoms with van der Waals surface area (Å²) in [5.41, 5.74) is -0.251. The summed E-state index contributed by atoms with van der Waals surface area (Å²) in [7, 11) is 0. The summed E-state index contributed by atoms with van der Waals surface area (Å²) < 4.78 is 5.74. The predicted molar refractivity (Wildman–Crippen MR) is 94.7 cm³/mol. The molecule has 0 N–H and O–H groups in total. The molecule has 0 bridgehead atoms. The summed E-state index contributed by atoms with van der Waals surface area (Å²) in [5.74, 6) is 0.579. The first-order valence-corrected chi connectivity index (χ1v) is 10.1. The van der Waals surface area contributed by atoms with Crippen molar-refractivity contribution in [3.05, 3.63) is 12.2 Å². The highest BCUT2D eigenvalue weighted by Crippen LogP contribution is 2.87. The highest BCUT2D eigenvalue weighted by molar-refractivity contribution is 5.89. The van der Waals surface area contributed by atoms with E-state index in [0.717, 1.165) is 6.42 Å². The Balaban J connectivity index is 1.67. The second-order valence-electron chi connectivity index (χ2n) is 10.6. The fourth-order valence-electron chi connectivity index (χ4n) is 8.53. The molecule has 0 aromatic carbocycles. The standard InChI is InChI=1S/C22H30O3/c1-18(2)15-12-16(23)20(4)14(19(15,3)10-7-17(24)25-18)6-11-21-8-5-9-22(20,21)13-21/h7,10,14-15H,5-6,8-9,11-13H2,1-4H3/t14-,15+,19-,20+,21-,22-/m1/s1. The molecule has 5 rings (SSSR count). The minimum atomic E-state index is -0.599. The maximum Gasteiger partial charge on any atom is 0.330 e. The minimum absolute atomic E-state index is 0.0670. The Bertz CT molecular complexity index is 721. The van der Waals surface area contributed by atoms with Crippen molar-refractivity contribution in [1.29, 1.82) is 0 Å². The van der Waals surface area contributed by atoms with Crippen LogP contribution in [0.15, 0.2) is 12.2 Å². The highest BCUT2D eigenvalue weighted by Gasteiger charge is 2.82. The van der Waals surface area contributed by atoms with Crippen LogP contribution in [0.1, 0.15) is 72.6 Å². The second-order valence-corrected chi connectivity index (χ2v) is 10.6. The van der Waals surface area contributed by atoms with Gasteiger partial charge in [-0.15, -0.1) is 0 Å². The van der Waals surface area contributed by atoms with Crippen molar-refractivity contribution in [2.24, 2.45) is 33.5 Å². The molecule has 5 aliphatic rings. The maximum absolute atomic E-state index is 13.6. The van der Waals surface area contributed by atoms with E-state index in [1.807, 2.05) is 13.8 Å². The number of cyclic esters (lactones) is 1. The van der Waals surface area contributed by atoms with E-state index in [1.54, 1.807) is 6.08 Å². The van der Waals surface area contributed by atoms with E-state index in [9.17, 15) is 9.59 Å². The summed E-state index contributed by atoms with van der Waals surface area (Å²) in [6.07, 6.45) is 11.8. The van der Waals surface area contributed by atoms with E-state index < -0.39 is 5.60 Å². The van der Waals surface area contributed by atoms with E-state index in [2.05, 4.69) is 19.9 Å². The van der Waals surface area contributed by atoms with Gasteiger partial charge in [0.1, 0.15) is 11.4 Å². The first-order valence-electron chi connectivity index (χ1n) is 10.1. The van der Waals surface area contributed by atoms with Gasteiger partial charge in [-0.25, -0.2) is 4.79 Å². The molecule has 0 amide bonds. The first kappa shape index (κ1) is 16.1. The molecule has 0 radical (unpaired) electrons. The van der Waals surface area contributed by atoms with Gasteiger partial charge >= 0.3 is 5.97 Å². The number of fused-ring (bicyclic) bond motifs is 3. The Morgan fingerprint density at radius 1 is 1.04 bits per heavy atom. The van der Waals surface area contributed by atoms with Crippen molar-refractivity contribution in [3.8, 4) is 0 Å². The summed E-state index contributed by atoms with van der Waals surface area (Å²) in [6, 6.07) is 0. The number of carbonyl (C=O) groups is 2. The summed E-state index contributed by atoms with van der Waals surface area (Å²) in [5, 5.41) is 0. The van der Waals surface area contributed by atoms with Gasteiger partial charge in [-0.05, 0) is 68.1 Å². The molecule has 3 heteroatoms. The molecule has 0 spiro atoms. The first-order chi connectivity index (χ1) is 11.6. The maximum atomic E-state index is 13.6. The number of hydrogen-bond acceptors (Lipinski definition) is 3. The lowest BCUT2D eigenvalue weighted by molar-refractivity contribution is -0.184. The van der Waals surface area contributed by atoms with E-state index in [0.29, 0.717) is 23.5 Å². The van der Waals surface area contributed by atoms with Crippen LogP contribution in [-0.2, 0) is 14.3 Å². The molecule has 25 heavy (non-hydrogen) atoms. The zero-order valence-electron chi connectivity index (χ0n) is 16.0. The van der Waals surface area contributed by atoms with Crippen LogP contribution in [0.2, 0.25) is 0 Å². The fraction of sp³-hybridized carbons (Fsp3) is 0.818. The lowest BCUT2D eigenvalue weighted by atomic mass is 9.42. The van der Waals surface area contributed by atoms with Crippen LogP contribution in [-0.4, -0.2) is 17.4 Å². The van der Waals surface area contributed by atoms with E-state index in [-0.39, 0.29) is 28.1 Å². The van der Waals surface area contributed by atoms with Gasteiger partial charge in [0, 0.05) is 23.8 Å². The molecule has 0 aromatic rings. The van der Waals surface area contributed by atoms with Gasteiger partial charge in [0.2, 0.25) is 0 Å². The molecule has 4 saturated carbocycles.